The van der Waals surface area contributed by atoms with Crippen molar-refractivity contribution in [1.82, 2.24) is 4.31 Å². The van der Waals surface area contributed by atoms with E-state index < -0.39 is 10.0 Å². The minimum absolute atomic E-state index is 0.00476. The first-order valence-electron chi connectivity index (χ1n) is 7.01. The molecule has 0 spiro atoms. The number of sulfonamides is 1. The van der Waals surface area contributed by atoms with Crippen LogP contribution in [0, 0.1) is 13.8 Å². The Hall–Kier alpha value is -1.15. The molecule has 0 bridgehead atoms. The van der Waals surface area contributed by atoms with Gasteiger partial charge < -0.3 is 10.2 Å². The molecule has 3 N–H and O–H groups in total. The third-order valence-corrected chi connectivity index (χ3v) is 6.19. The minimum atomic E-state index is -3.52. The van der Waals surface area contributed by atoms with Gasteiger partial charge in [-0.05, 0) is 49.9 Å². The van der Waals surface area contributed by atoms with Gasteiger partial charge in [-0.2, -0.15) is 4.31 Å². The van der Waals surface area contributed by atoms with Crippen LogP contribution in [-0.2, 0) is 14.8 Å². The van der Waals surface area contributed by atoms with E-state index in [1.807, 2.05) is 0 Å². The van der Waals surface area contributed by atoms with Gasteiger partial charge in [-0.1, -0.05) is 0 Å². The molecule has 1 aliphatic heterocycles. The monoisotopic (exact) mass is 313 g/mol. The molecule has 118 valence electrons. The lowest BCUT2D eigenvalue weighted by molar-refractivity contribution is 0.0632. The topological polar surface area (TPSA) is 84.7 Å². The van der Waals surface area contributed by atoms with Crippen LogP contribution in [0.4, 0.5) is 5.69 Å². The van der Waals surface area contributed by atoms with Crippen LogP contribution < -0.4 is 11.3 Å². The van der Waals surface area contributed by atoms with E-state index in [0.29, 0.717) is 34.9 Å². The minimum Gasteiger partial charge on any atom is -0.381 e. The van der Waals surface area contributed by atoms with Crippen molar-refractivity contribution < 1.29 is 13.2 Å². The third-order valence-electron chi connectivity index (χ3n) is 3.97. The average Bonchev–Trinajstić information content (AvgIpc) is 2.46. The zero-order valence-electron chi connectivity index (χ0n) is 12.7. The number of anilines is 1. The third kappa shape index (κ3) is 3.21. The second-order valence-electron chi connectivity index (χ2n) is 5.45. The molecule has 6 nitrogen and oxygen atoms in total. The number of nitrogens with two attached hydrogens (primary N) is 1. The highest BCUT2D eigenvalue weighted by Gasteiger charge is 2.31. The van der Waals surface area contributed by atoms with Crippen LogP contribution >= 0.6 is 0 Å². The second kappa shape index (κ2) is 6.31. The van der Waals surface area contributed by atoms with Crippen LogP contribution in [0.25, 0.3) is 0 Å². The fourth-order valence-corrected chi connectivity index (χ4v) is 4.65. The summed E-state index contributed by atoms with van der Waals surface area (Å²) in [5, 5.41) is 0. The molecule has 7 heteroatoms. The average molecular weight is 313 g/mol. The molecular weight excluding hydrogens is 290 g/mol. The summed E-state index contributed by atoms with van der Waals surface area (Å²) in [6.07, 6.45) is 1.46. The van der Waals surface area contributed by atoms with Gasteiger partial charge in [0.05, 0.1) is 4.90 Å². The molecule has 0 radical (unpaired) electrons. The number of aryl methyl sites for hydroxylation is 2. The van der Waals surface area contributed by atoms with Crippen molar-refractivity contribution in [2.24, 2.45) is 5.84 Å². The normalized spacial score (nSPS) is 17.2. The summed E-state index contributed by atoms with van der Waals surface area (Å²) >= 11 is 0. The van der Waals surface area contributed by atoms with E-state index in [4.69, 9.17) is 10.6 Å². The van der Waals surface area contributed by atoms with E-state index >= 15 is 0 Å². The van der Waals surface area contributed by atoms with Gasteiger partial charge in [-0.15, -0.1) is 0 Å². The van der Waals surface area contributed by atoms with Gasteiger partial charge in [0.15, 0.2) is 0 Å². The molecule has 1 heterocycles. The number of rotatable bonds is 4. The maximum Gasteiger partial charge on any atom is 0.243 e. The van der Waals surface area contributed by atoms with Crippen LogP contribution in [0.3, 0.4) is 0 Å². The number of nitrogen functional groups attached to an aromatic ring is 1. The molecule has 0 aliphatic carbocycles. The van der Waals surface area contributed by atoms with Crippen LogP contribution in [0.2, 0.25) is 0 Å². The van der Waals surface area contributed by atoms with Gasteiger partial charge in [0.25, 0.3) is 0 Å². The molecular formula is C14H23N3O3S. The Balaban J connectivity index is 2.39. The van der Waals surface area contributed by atoms with Crippen molar-refractivity contribution in [2.45, 2.75) is 37.6 Å². The largest absolute Gasteiger partial charge is 0.381 e. The Morgan fingerprint density at radius 3 is 2.24 bits per heavy atom. The van der Waals surface area contributed by atoms with Crippen LogP contribution in [0.1, 0.15) is 24.0 Å². The van der Waals surface area contributed by atoms with Crippen molar-refractivity contribution in [3.8, 4) is 0 Å². The number of hydrogen-bond donors (Lipinski definition) is 2. The zero-order chi connectivity index (χ0) is 15.6. The Bertz CT molecular complexity index is 587. The van der Waals surface area contributed by atoms with E-state index in [1.54, 1.807) is 33.0 Å². The molecule has 0 saturated carbocycles. The van der Waals surface area contributed by atoms with Crippen molar-refractivity contribution in [2.75, 3.05) is 25.7 Å². The number of hydrazine groups is 1. The Morgan fingerprint density at radius 2 is 1.76 bits per heavy atom. The van der Waals surface area contributed by atoms with Crippen molar-refractivity contribution in [3.05, 3.63) is 23.3 Å². The maximum absolute atomic E-state index is 12.9. The fourth-order valence-electron chi connectivity index (χ4n) is 2.83. The molecule has 0 amide bonds. The molecule has 0 unspecified atom stereocenters. The lowest BCUT2D eigenvalue weighted by atomic mass is 10.1. The van der Waals surface area contributed by atoms with Crippen LogP contribution in [-0.4, -0.2) is 39.0 Å². The second-order valence-corrected chi connectivity index (χ2v) is 7.38. The van der Waals surface area contributed by atoms with Gasteiger partial charge in [0.1, 0.15) is 0 Å². The van der Waals surface area contributed by atoms with E-state index in [-0.39, 0.29) is 6.04 Å². The summed E-state index contributed by atoms with van der Waals surface area (Å²) in [7, 11) is -1.86. The Kier molecular flexibility index (Phi) is 4.88. The molecule has 1 saturated heterocycles. The predicted molar refractivity (Wildman–Crippen MR) is 82.5 cm³/mol. The molecule has 2 rings (SSSR count). The number of nitrogens with one attached hydrogen (secondary N) is 1. The van der Waals surface area contributed by atoms with Crippen molar-refractivity contribution in [1.29, 1.82) is 0 Å². The molecule has 1 aromatic carbocycles. The standard InChI is InChI=1S/C14H23N3O3S/c1-10-8-12(16-15)9-11(2)14(10)21(18,19)17(3)13-4-6-20-7-5-13/h8-9,13,16H,4-7,15H2,1-3H3. The highest BCUT2D eigenvalue weighted by atomic mass is 32.2. The van der Waals surface area contributed by atoms with Gasteiger partial charge in [0.2, 0.25) is 10.0 Å². The molecule has 1 aromatic rings. The quantitative estimate of drug-likeness (QED) is 0.648. The SMILES string of the molecule is Cc1cc(NN)cc(C)c1S(=O)(=O)N(C)C1CCOCC1. The number of benzene rings is 1. The summed E-state index contributed by atoms with van der Waals surface area (Å²) in [4.78, 5) is 0.371. The molecule has 1 aliphatic rings. The zero-order valence-corrected chi connectivity index (χ0v) is 13.5. The van der Waals surface area contributed by atoms with E-state index in [2.05, 4.69) is 5.43 Å². The molecule has 21 heavy (non-hydrogen) atoms. The number of ether oxygens (including phenoxy) is 1. The molecule has 1 fully saturated rings. The van der Waals surface area contributed by atoms with Gasteiger partial charge >= 0.3 is 0 Å². The van der Waals surface area contributed by atoms with E-state index in [1.165, 1.54) is 4.31 Å². The first kappa shape index (κ1) is 16.2. The van der Waals surface area contributed by atoms with Gasteiger partial charge in [-0.3, -0.25) is 5.84 Å². The first-order valence-corrected chi connectivity index (χ1v) is 8.45. The van der Waals surface area contributed by atoms with E-state index in [0.717, 1.165) is 12.8 Å². The van der Waals surface area contributed by atoms with Crippen LogP contribution in [0.15, 0.2) is 17.0 Å². The smallest absolute Gasteiger partial charge is 0.243 e. The lowest BCUT2D eigenvalue weighted by Gasteiger charge is -2.31. The maximum atomic E-state index is 12.9. The predicted octanol–water partition coefficient (Wildman–Crippen LogP) is 1.39. The summed E-state index contributed by atoms with van der Waals surface area (Å²) in [5.41, 5.74) is 4.65. The highest BCUT2D eigenvalue weighted by molar-refractivity contribution is 7.89. The Labute approximate surface area is 126 Å². The highest BCUT2D eigenvalue weighted by Crippen LogP contribution is 2.29. The van der Waals surface area contributed by atoms with Crippen molar-refractivity contribution >= 4 is 15.7 Å². The number of hydrogen-bond acceptors (Lipinski definition) is 5. The number of nitrogens with zero attached hydrogens (tertiary/aromatic N) is 1. The first-order chi connectivity index (χ1) is 9.87. The molecule has 0 atom stereocenters. The molecule has 0 aromatic heterocycles. The fraction of sp³-hybridized carbons (Fsp3) is 0.571. The van der Waals surface area contributed by atoms with Gasteiger partial charge in [0, 0.05) is 32.0 Å². The van der Waals surface area contributed by atoms with Crippen molar-refractivity contribution in [3.63, 3.8) is 0 Å². The lowest BCUT2D eigenvalue weighted by Crippen LogP contribution is -2.41. The summed E-state index contributed by atoms with van der Waals surface area (Å²) in [5.74, 6) is 5.40. The van der Waals surface area contributed by atoms with Gasteiger partial charge in [-0.25, -0.2) is 8.42 Å². The summed E-state index contributed by atoms with van der Waals surface area (Å²) in [6.45, 7) is 4.80. The summed E-state index contributed by atoms with van der Waals surface area (Å²) < 4.78 is 32.6. The summed E-state index contributed by atoms with van der Waals surface area (Å²) in [6, 6.07) is 3.49. The van der Waals surface area contributed by atoms with Crippen LogP contribution in [0.5, 0.6) is 0 Å². The van der Waals surface area contributed by atoms with E-state index in [9.17, 15) is 8.42 Å². The Morgan fingerprint density at radius 1 is 1.24 bits per heavy atom.